The monoisotopic (exact) mass is 425 g/mol. The summed E-state index contributed by atoms with van der Waals surface area (Å²) in [6.07, 6.45) is -3.54. The molecule has 0 bridgehead atoms. The van der Waals surface area contributed by atoms with Crippen LogP contribution in [0.25, 0.3) is 11.1 Å². The van der Waals surface area contributed by atoms with Gasteiger partial charge in [0.1, 0.15) is 23.3 Å². The molecule has 2 aromatic carbocycles. The van der Waals surface area contributed by atoms with Gasteiger partial charge in [-0.25, -0.2) is 22.4 Å². The Morgan fingerprint density at radius 2 is 1.87 bits per heavy atom. The second-order valence-electron chi connectivity index (χ2n) is 8.37. The summed E-state index contributed by atoms with van der Waals surface area (Å²) in [4.78, 5) is 13.2. The summed E-state index contributed by atoms with van der Waals surface area (Å²) in [5, 5.41) is 10.1. The lowest BCUT2D eigenvalue weighted by Crippen LogP contribution is -2.44. The fourth-order valence-corrected chi connectivity index (χ4v) is 3.47. The van der Waals surface area contributed by atoms with E-state index in [-0.39, 0.29) is 23.1 Å². The smallest absolute Gasteiger partial charge is 0.410 e. The zero-order chi connectivity index (χ0) is 22.3. The topological polar surface area (TPSA) is 49.8 Å². The Bertz CT molecular complexity index is 942. The van der Waals surface area contributed by atoms with E-state index in [9.17, 15) is 23.1 Å². The summed E-state index contributed by atoms with van der Waals surface area (Å²) in [5.74, 6) is -4.83. The largest absolute Gasteiger partial charge is 0.444 e. The normalized spacial score (nSPS) is 21.0. The summed E-state index contributed by atoms with van der Waals surface area (Å²) in [6, 6.07) is 8.30. The van der Waals surface area contributed by atoms with Gasteiger partial charge >= 0.3 is 6.09 Å². The molecule has 8 heteroatoms. The van der Waals surface area contributed by atoms with Crippen molar-refractivity contribution in [1.82, 2.24) is 4.90 Å². The molecule has 2 atom stereocenters. The van der Waals surface area contributed by atoms with Crippen molar-refractivity contribution in [3.8, 4) is 11.1 Å². The SMILES string of the molecule is CC(C)(C)OC(=O)N1CC(F)(F)C(O)C1Cc1cccc(-c2cccc(F)c2)c1F. The van der Waals surface area contributed by atoms with Crippen LogP contribution in [0.2, 0.25) is 0 Å². The average Bonchev–Trinajstić information content (AvgIpc) is 2.86. The number of carbonyl (C=O) groups excluding carboxylic acids is 1. The van der Waals surface area contributed by atoms with Crippen molar-refractivity contribution >= 4 is 6.09 Å². The first-order valence-corrected chi connectivity index (χ1v) is 9.48. The molecule has 2 unspecified atom stereocenters. The van der Waals surface area contributed by atoms with Crippen LogP contribution in [0.1, 0.15) is 26.3 Å². The molecular formula is C22H23F4NO3. The van der Waals surface area contributed by atoms with E-state index < -0.39 is 47.9 Å². The minimum Gasteiger partial charge on any atom is -0.444 e. The number of likely N-dealkylation sites (tertiary alicyclic amines) is 1. The predicted octanol–water partition coefficient (Wildman–Crippen LogP) is 4.79. The van der Waals surface area contributed by atoms with Gasteiger partial charge in [-0.1, -0.05) is 30.3 Å². The van der Waals surface area contributed by atoms with E-state index >= 15 is 4.39 Å². The molecule has 0 aromatic heterocycles. The number of carbonyl (C=O) groups is 1. The third-order valence-electron chi connectivity index (χ3n) is 4.85. The highest BCUT2D eigenvalue weighted by Crippen LogP contribution is 2.36. The Balaban J connectivity index is 1.93. The maximum absolute atomic E-state index is 15.1. The van der Waals surface area contributed by atoms with Crippen LogP contribution in [0.4, 0.5) is 22.4 Å². The summed E-state index contributed by atoms with van der Waals surface area (Å²) in [6.45, 7) is 3.74. The van der Waals surface area contributed by atoms with E-state index in [2.05, 4.69) is 0 Å². The molecule has 3 rings (SSSR count). The number of alkyl halides is 2. The molecule has 0 saturated carbocycles. The van der Waals surface area contributed by atoms with Gasteiger partial charge in [-0.05, 0) is 50.5 Å². The number of aliphatic hydroxyl groups is 1. The summed E-state index contributed by atoms with van der Waals surface area (Å²) >= 11 is 0. The van der Waals surface area contributed by atoms with Gasteiger partial charge in [0.2, 0.25) is 0 Å². The zero-order valence-corrected chi connectivity index (χ0v) is 16.8. The molecule has 1 saturated heterocycles. The number of rotatable bonds is 3. The van der Waals surface area contributed by atoms with Crippen molar-refractivity contribution in [3.63, 3.8) is 0 Å². The number of hydrogen-bond donors (Lipinski definition) is 1. The highest BCUT2D eigenvalue weighted by Gasteiger charge is 2.56. The van der Waals surface area contributed by atoms with Crippen molar-refractivity contribution < 1.29 is 32.2 Å². The van der Waals surface area contributed by atoms with Crippen LogP contribution in [-0.4, -0.2) is 46.3 Å². The highest BCUT2D eigenvalue weighted by molar-refractivity contribution is 5.70. The molecule has 1 fully saturated rings. The second-order valence-corrected chi connectivity index (χ2v) is 8.37. The van der Waals surface area contributed by atoms with Crippen molar-refractivity contribution in [2.45, 2.75) is 50.9 Å². The molecule has 1 amide bonds. The fourth-order valence-electron chi connectivity index (χ4n) is 3.47. The van der Waals surface area contributed by atoms with Gasteiger partial charge in [-0.2, -0.15) is 0 Å². The molecule has 1 aliphatic rings. The zero-order valence-electron chi connectivity index (χ0n) is 16.8. The number of halogens is 4. The first-order valence-electron chi connectivity index (χ1n) is 9.48. The van der Waals surface area contributed by atoms with Gasteiger partial charge in [0.25, 0.3) is 5.92 Å². The summed E-state index contributed by atoms with van der Waals surface area (Å²) in [5.41, 5.74) is -0.523. The van der Waals surface area contributed by atoms with Crippen LogP contribution in [0, 0.1) is 11.6 Å². The molecule has 2 aromatic rings. The van der Waals surface area contributed by atoms with Crippen LogP contribution in [0.5, 0.6) is 0 Å². The predicted molar refractivity (Wildman–Crippen MR) is 103 cm³/mol. The fraction of sp³-hybridized carbons (Fsp3) is 0.409. The number of nitrogens with zero attached hydrogens (tertiary/aromatic N) is 1. The molecular weight excluding hydrogens is 402 g/mol. The van der Waals surface area contributed by atoms with E-state index in [0.717, 1.165) is 11.0 Å². The standard InChI is InChI=1S/C22H23F4NO3/c1-21(2,3)30-20(29)27-12-22(25,26)19(28)17(27)11-14-7-5-9-16(18(14)24)13-6-4-8-15(23)10-13/h4-10,17,19,28H,11-12H2,1-3H3. The van der Waals surface area contributed by atoms with Crippen molar-refractivity contribution in [2.75, 3.05) is 6.54 Å². The number of amides is 1. The Labute approximate surface area is 172 Å². The Morgan fingerprint density at radius 3 is 2.50 bits per heavy atom. The first-order chi connectivity index (χ1) is 13.9. The van der Waals surface area contributed by atoms with Gasteiger partial charge in [-0.15, -0.1) is 0 Å². The quantitative estimate of drug-likeness (QED) is 0.720. The Hall–Kier alpha value is -2.61. The minimum absolute atomic E-state index is 0.0204. The van der Waals surface area contributed by atoms with Gasteiger partial charge in [-0.3, -0.25) is 4.90 Å². The van der Waals surface area contributed by atoms with Gasteiger partial charge in [0.15, 0.2) is 0 Å². The lowest BCUT2D eigenvalue weighted by Gasteiger charge is -2.29. The Morgan fingerprint density at radius 1 is 1.20 bits per heavy atom. The molecule has 0 radical (unpaired) electrons. The lowest BCUT2D eigenvalue weighted by atomic mass is 9.96. The molecule has 4 nitrogen and oxygen atoms in total. The van der Waals surface area contributed by atoms with Crippen molar-refractivity contribution in [2.24, 2.45) is 0 Å². The molecule has 1 aliphatic heterocycles. The van der Waals surface area contributed by atoms with Gasteiger partial charge < -0.3 is 9.84 Å². The van der Waals surface area contributed by atoms with Crippen molar-refractivity contribution in [1.29, 1.82) is 0 Å². The van der Waals surface area contributed by atoms with E-state index in [0.29, 0.717) is 0 Å². The van der Waals surface area contributed by atoms with Crippen LogP contribution < -0.4 is 0 Å². The Kier molecular flexibility index (Phi) is 5.82. The summed E-state index contributed by atoms with van der Waals surface area (Å²) < 4.78 is 62.2. The van der Waals surface area contributed by atoms with E-state index in [1.165, 1.54) is 36.4 Å². The van der Waals surface area contributed by atoms with E-state index in [4.69, 9.17) is 4.74 Å². The summed E-state index contributed by atoms with van der Waals surface area (Å²) in [7, 11) is 0. The van der Waals surface area contributed by atoms with E-state index in [1.54, 1.807) is 20.8 Å². The van der Waals surface area contributed by atoms with E-state index in [1.807, 2.05) is 0 Å². The van der Waals surface area contributed by atoms with Gasteiger partial charge in [0, 0.05) is 5.56 Å². The van der Waals surface area contributed by atoms with Gasteiger partial charge in [0.05, 0.1) is 12.6 Å². The average molecular weight is 425 g/mol. The third kappa shape index (κ3) is 4.59. The second kappa shape index (κ2) is 7.91. The number of ether oxygens (including phenoxy) is 1. The molecule has 1 heterocycles. The number of benzene rings is 2. The van der Waals surface area contributed by atoms with Crippen molar-refractivity contribution in [3.05, 3.63) is 59.7 Å². The molecule has 1 N–H and O–H groups in total. The van der Waals surface area contributed by atoms with Crippen LogP contribution >= 0.6 is 0 Å². The highest BCUT2D eigenvalue weighted by atomic mass is 19.3. The molecule has 0 aliphatic carbocycles. The number of aliphatic hydroxyl groups excluding tert-OH is 1. The maximum Gasteiger partial charge on any atom is 0.410 e. The number of hydrogen-bond acceptors (Lipinski definition) is 3. The third-order valence-corrected chi connectivity index (χ3v) is 4.85. The minimum atomic E-state index is -3.56. The molecule has 0 spiro atoms. The molecule has 162 valence electrons. The van der Waals surface area contributed by atoms with Crippen LogP contribution in [0.3, 0.4) is 0 Å². The van der Waals surface area contributed by atoms with Crippen LogP contribution in [0.15, 0.2) is 42.5 Å². The first kappa shape index (κ1) is 22.1. The maximum atomic E-state index is 15.1. The molecule has 30 heavy (non-hydrogen) atoms. The van der Waals surface area contributed by atoms with Crippen LogP contribution in [-0.2, 0) is 11.2 Å². The lowest BCUT2D eigenvalue weighted by molar-refractivity contribution is -0.0807.